The number of nitrogens with one attached hydrogen (secondary N) is 2. The van der Waals surface area contributed by atoms with Crippen LogP contribution >= 0.6 is 0 Å². The van der Waals surface area contributed by atoms with E-state index in [1.807, 2.05) is 25.1 Å². The van der Waals surface area contributed by atoms with Gasteiger partial charge in [0.25, 0.3) is 5.91 Å². The predicted molar refractivity (Wildman–Crippen MR) is 86.8 cm³/mol. The topological polar surface area (TPSA) is 81.1 Å². The largest absolute Gasteiger partial charge is 0.495 e. The van der Waals surface area contributed by atoms with E-state index in [-0.39, 0.29) is 5.91 Å². The van der Waals surface area contributed by atoms with Gasteiger partial charge in [-0.3, -0.25) is 4.79 Å². The number of amides is 1. The number of benzene rings is 1. The predicted octanol–water partition coefficient (Wildman–Crippen LogP) is 1.77. The van der Waals surface area contributed by atoms with Crippen molar-refractivity contribution in [1.82, 2.24) is 20.3 Å². The molecule has 0 aliphatic carbocycles. The molecule has 0 spiro atoms. The first-order chi connectivity index (χ1) is 11.2. The molecule has 1 aromatic heterocycles. The zero-order valence-corrected chi connectivity index (χ0v) is 13.4. The minimum absolute atomic E-state index is 0.285. The number of aromatic nitrogens is 3. The van der Waals surface area contributed by atoms with E-state index in [9.17, 15) is 4.79 Å². The molecule has 1 aromatic carbocycles. The number of anilines is 1. The summed E-state index contributed by atoms with van der Waals surface area (Å²) in [7, 11) is 1.58. The Morgan fingerprint density at radius 2 is 2.17 bits per heavy atom. The summed E-state index contributed by atoms with van der Waals surface area (Å²) in [4.78, 5) is 12.4. The molecular weight excluding hydrogens is 294 g/mol. The average molecular weight is 315 g/mol. The normalized spacial score (nSPS) is 15.4. The van der Waals surface area contributed by atoms with Crippen molar-refractivity contribution < 1.29 is 9.53 Å². The van der Waals surface area contributed by atoms with Gasteiger partial charge in [-0.2, -0.15) is 0 Å². The number of nitrogens with zero attached hydrogens (tertiary/aromatic N) is 3. The molecule has 0 bridgehead atoms. The monoisotopic (exact) mass is 315 g/mol. The van der Waals surface area contributed by atoms with Crippen LogP contribution in [0.25, 0.3) is 0 Å². The lowest BCUT2D eigenvalue weighted by Gasteiger charge is -2.22. The SMILES string of the molecule is COc1cc(C)ccc1NC(=O)c1cn(C2CCNCC2)nn1. The molecule has 0 unspecified atom stereocenters. The van der Waals surface area contributed by atoms with Gasteiger partial charge >= 0.3 is 0 Å². The quantitative estimate of drug-likeness (QED) is 0.899. The maximum absolute atomic E-state index is 12.4. The van der Waals surface area contributed by atoms with Crippen LogP contribution in [0.2, 0.25) is 0 Å². The molecule has 1 aliphatic heterocycles. The maximum atomic E-state index is 12.4. The van der Waals surface area contributed by atoms with Crippen LogP contribution in [0.1, 0.15) is 34.9 Å². The van der Waals surface area contributed by atoms with Gasteiger partial charge in [-0.25, -0.2) is 4.68 Å². The molecule has 0 saturated carbocycles. The minimum Gasteiger partial charge on any atom is -0.495 e. The molecule has 1 fully saturated rings. The second-order valence-electron chi connectivity index (χ2n) is 5.72. The molecule has 7 nitrogen and oxygen atoms in total. The zero-order chi connectivity index (χ0) is 16.2. The first-order valence-electron chi connectivity index (χ1n) is 7.76. The molecule has 7 heteroatoms. The Labute approximate surface area is 135 Å². The van der Waals surface area contributed by atoms with Gasteiger partial charge in [-0.05, 0) is 50.6 Å². The van der Waals surface area contributed by atoms with Gasteiger partial charge in [0.2, 0.25) is 0 Å². The summed E-state index contributed by atoms with van der Waals surface area (Å²) in [6.45, 7) is 3.90. The first kappa shape index (κ1) is 15.5. The standard InChI is InChI=1S/C16H21N5O2/c1-11-3-4-13(15(9-11)23-2)18-16(22)14-10-21(20-19-14)12-5-7-17-8-6-12/h3-4,9-10,12,17H,5-8H2,1-2H3,(H,18,22). The van der Waals surface area contributed by atoms with Gasteiger partial charge in [0, 0.05) is 0 Å². The van der Waals surface area contributed by atoms with Crippen LogP contribution < -0.4 is 15.4 Å². The van der Waals surface area contributed by atoms with E-state index in [1.54, 1.807) is 18.0 Å². The smallest absolute Gasteiger partial charge is 0.277 e. The lowest BCUT2D eigenvalue weighted by molar-refractivity contribution is 0.102. The van der Waals surface area contributed by atoms with Gasteiger partial charge in [0.15, 0.2) is 5.69 Å². The lowest BCUT2D eigenvalue weighted by atomic mass is 10.1. The first-order valence-corrected chi connectivity index (χ1v) is 7.76. The van der Waals surface area contributed by atoms with Crippen molar-refractivity contribution in [1.29, 1.82) is 0 Å². The molecule has 0 radical (unpaired) electrons. The lowest BCUT2D eigenvalue weighted by Crippen LogP contribution is -2.29. The van der Waals surface area contributed by atoms with Crippen molar-refractivity contribution in [3.63, 3.8) is 0 Å². The molecule has 0 atom stereocenters. The fourth-order valence-corrected chi connectivity index (χ4v) is 2.72. The van der Waals surface area contributed by atoms with E-state index in [0.717, 1.165) is 31.5 Å². The molecule has 2 aromatic rings. The van der Waals surface area contributed by atoms with Gasteiger partial charge in [-0.1, -0.05) is 11.3 Å². The Kier molecular flexibility index (Phi) is 4.57. The van der Waals surface area contributed by atoms with E-state index in [4.69, 9.17) is 4.74 Å². The van der Waals surface area contributed by atoms with Gasteiger partial charge in [0.05, 0.1) is 25.0 Å². The highest BCUT2D eigenvalue weighted by Gasteiger charge is 2.19. The average Bonchev–Trinajstić information content (AvgIpc) is 3.07. The number of carbonyl (C=O) groups excluding carboxylic acids is 1. The third-order valence-electron chi connectivity index (χ3n) is 4.03. The molecule has 2 heterocycles. The second-order valence-corrected chi connectivity index (χ2v) is 5.72. The fraction of sp³-hybridized carbons (Fsp3) is 0.438. The van der Waals surface area contributed by atoms with Crippen LogP contribution in [0.5, 0.6) is 5.75 Å². The van der Waals surface area contributed by atoms with Gasteiger partial charge < -0.3 is 15.4 Å². The third kappa shape index (κ3) is 3.50. The van der Waals surface area contributed by atoms with Gasteiger partial charge in [-0.15, -0.1) is 5.10 Å². The summed E-state index contributed by atoms with van der Waals surface area (Å²) in [6, 6.07) is 5.92. The van der Waals surface area contributed by atoms with Gasteiger partial charge in [0.1, 0.15) is 5.75 Å². The highest BCUT2D eigenvalue weighted by molar-refractivity contribution is 6.03. The van der Waals surface area contributed by atoms with Crippen molar-refractivity contribution in [2.45, 2.75) is 25.8 Å². The zero-order valence-electron chi connectivity index (χ0n) is 13.4. The molecule has 1 aliphatic rings. The summed E-state index contributed by atoms with van der Waals surface area (Å²) >= 11 is 0. The van der Waals surface area contributed by atoms with Crippen LogP contribution in [-0.4, -0.2) is 41.1 Å². The Hall–Kier alpha value is -2.41. The summed E-state index contributed by atoms with van der Waals surface area (Å²) in [5.41, 5.74) is 2.00. The number of aryl methyl sites for hydroxylation is 1. The number of hydrogen-bond acceptors (Lipinski definition) is 5. The highest BCUT2D eigenvalue weighted by atomic mass is 16.5. The van der Waals surface area contributed by atoms with Crippen LogP contribution in [0.4, 0.5) is 5.69 Å². The van der Waals surface area contributed by atoms with Crippen LogP contribution in [0.15, 0.2) is 24.4 Å². The Morgan fingerprint density at radius 1 is 1.39 bits per heavy atom. The van der Waals surface area contributed by atoms with Crippen molar-refractivity contribution in [2.75, 3.05) is 25.5 Å². The Morgan fingerprint density at radius 3 is 2.91 bits per heavy atom. The maximum Gasteiger partial charge on any atom is 0.277 e. The number of rotatable bonds is 4. The van der Waals surface area contributed by atoms with Crippen LogP contribution in [-0.2, 0) is 0 Å². The molecule has 23 heavy (non-hydrogen) atoms. The summed E-state index contributed by atoms with van der Waals surface area (Å²) in [5.74, 6) is 0.344. The van der Waals surface area contributed by atoms with Crippen LogP contribution in [0, 0.1) is 6.92 Å². The van der Waals surface area contributed by atoms with E-state index < -0.39 is 0 Å². The molecule has 3 rings (SSSR count). The Balaban J connectivity index is 1.72. The fourth-order valence-electron chi connectivity index (χ4n) is 2.72. The van der Waals surface area contributed by atoms with Crippen molar-refractivity contribution in [3.8, 4) is 5.75 Å². The second kappa shape index (κ2) is 6.78. The highest BCUT2D eigenvalue weighted by Crippen LogP contribution is 2.25. The van der Waals surface area contributed by atoms with Crippen molar-refractivity contribution >= 4 is 11.6 Å². The molecule has 1 amide bonds. The minimum atomic E-state index is -0.285. The number of hydrogen-bond donors (Lipinski definition) is 2. The third-order valence-corrected chi connectivity index (χ3v) is 4.03. The van der Waals surface area contributed by atoms with E-state index in [1.165, 1.54) is 0 Å². The number of carbonyl (C=O) groups is 1. The van der Waals surface area contributed by atoms with Crippen LogP contribution in [0.3, 0.4) is 0 Å². The summed E-state index contributed by atoms with van der Waals surface area (Å²) in [5, 5.41) is 14.2. The molecule has 2 N–H and O–H groups in total. The molecule has 1 saturated heterocycles. The summed E-state index contributed by atoms with van der Waals surface area (Å²) < 4.78 is 7.09. The number of ether oxygens (including phenoxy) is 1. The Bertz CT molecular complexity index is 692. The van der Waals surface area contributed by atoms with E-state index in [2.05, 4.69) is 20.9 Å². The van der Waals surface area contributed by atoms with E-state index in [0.29, 0.717) is 23.2 Å². The summed E-state index contributed by atoms with van der Waals surface area (Å²) in [6.07, 6.45) is 3.71. The number of piperidine rings is 1. The molecule has 122 valence electrons. The van der Waals surface area contributed by atoms with Crippen molar-refractivity contribution in [2.24, 2.45) is 0 Å². The van der Waals surface area contributed by atoms with E-state index >= 15 is 0 Å². The number of methoxy groups -OCH3 is 1. The molecular formula is C16H21N5O2. The van der Waals surface area contributed by atoms with Crippen molar-refractivity contribution in [3.05, 3.63) is 35.7 Å².